The van der Waals surface area contributed by atoms with Crippen molar-refractivity contribution in [1.82, 2.24) is 4.31 Å². The largest absolute Gasteiger partial charge is 0.497 e. The van der Waals surface area contributed by atoms with Crippen molar-refractivity contribution in [2.75, 3.05) is 33.3 Å². The Balaban J connectivity index is 1.37. The third-order valence-electron chi connectivity index (χ3n) is 6.30. The van der Waals surface area contributed by atoms with Crippen LogP contribution in [0.2, 0.25) is 0 Å². The molecule has 1 fully saturated rings. The molecule has 5 rings (SSSR count). The molecule has 1 heterocycles. The normalized spacial score (nSPS) is 17.5. The van der Waals surface area contributed by atoms with Crippen molar-refractivity contribution >= 4 is 10.0 Å². The van der Waals surface area contributed by atoms with Crippen molar-refractivity contribution in [3.63, 3.8) is 0 Å². The third kappa shape index (κ3) is 3.12. The summed E-state index contributed by atoms with van der Waals surface area (Å²) >= 11 is 0. The number of benzene rings is 3. The van der Waals surface area contributed by atoms with Crippen LogP contribution in [0.3, 0.4) is 0 Å². The first-order chi connectivity index (χ1) is 14.6. The Labute approximate surface area is 177 Å². The Bertz CT molecular complexity index is 1120. The second-order valence-electron chi connectivity index (χ2n) is 7.85. The molecule has 0 bridgehead atoms. The summed E-state index contributed by atoms with van der Waals surface area (Å²) in [6, 6.07) is 24.1. The lowest BCUT2D eigenvalue weighted by atomic mass is 10.0. The Hall–Kier alpha value is -2.67. The lowest BCUT2D eigenvalue weighted by molar-refractivity contribution is -0.928. The number of quaternary nitrogens is 1. The minimum absolute atomic E-state index is 0.267. The fraction of sp³-hybridized carbons (Fsp3) is 0.250. The maximum atomic E-state index is 13.1. The Morgan fingerprint density at radius 1 is 0.833 bits per heavy atom. The van der Waals surface area contributed by atoms with E-state index in [0.717, 1.165) is 13.1 Å². The number of sulfonamides is 1. The van der Waals surface area contributed by atoms with Crippen molar-refractivity contribution in [3.8, 4) is 16.9 Å². The second kappa shape index (κ2) is 7.54. The van der Waals surface area contributed by atoms with Gasteiger partial charge >= 0.3 is 0 Å². The lowest BCUT2D eigenvalue weighted by Crippen LogP contribution is -3.15. The molecule has 5 nitrogen and oxygen atoms in total. The van der Waals surface area contributed by atoms with Crippen LogP contribution in [-0.4, -0.2) is 46.0 Å². The van der Waals surface area contributed by atoms with E-state index in [4.69, 9.17) is 4.74 Å². The van der Waals surface area contributed by atoms with Gasteiger partial charge in [0.25, 0.3) is 0 Å². The first-order valence-corrected chi connectivity index (χ1v) is 11.7. The molecule has 3 aromatic rings. The Kier molecular flexibility index (Phi) is 4.85. The fourth-order valence-corrected chi connectivity index (χ4v) is 6.24. The third-order valence-corrected chi connectivity index (χ3v) is 8.22. The summed E-state index contributed by atoms with van der Waals surface area (Å²) in [6.07, 6.45) is 0. The molecule has 6 heteroatoms. The summed E-state index contributed by atoms with van der Waals surface area (Å²) < 4.78 is 32.9. The van der Waals surface area contributed by atoms with Gasteiger partial charge in [-0.25, -0.2) is 8.42 Å². The average Bonchev–Trinajstić information content (AvgIpc) is 3.14. The first kappa shape index (κ1) is 19.3. The summed E-state index contributed by atoms with van der Waals surface area (Å²) in [4.78, 5) is 1.75. The molecule has 1 N–H and O–H groups in total. The van der Waals surface area contributed by atoms with Crippen LogP contribution in [0, 0.1) is 0 Å². The molecule has 0 amide bonds. The van der Waals surface area contributed by atoms with Crippen molar-refractivity contribution < 1.29 is 18.1 Å². The summed E-state index contributed by atoms with van der Waals surface area (Å²) in [5.74, 6) is 0.654. The molecule has 0 spiro atoms. The van der Waals surface area contributed by atoms with E-state index in [-0.39, 0.29) is 6.04 Å². The number of hydrogen-bond donors (Lipinski definition) is 1. The van der Waals surface area contributed by atoms with Crippen molar-refractivity contribution in [2.45, 2.75) is 10.9 Å². The molecule has 2 aliphatic rings. The van der Waals surface area contributed by atoms with Gasteiger partial charge in [0.15, 0.2) is 0 Å². The van der Waals surface area contributed by atoms with Gasteiger partial charge in [0, 0.05) is 11.1 Å². The number of piperazine rings is 1. The van der Waals surface area contributed by atoms with Gasteiger partial charge in [0.05, 0.1) is 38.2 Å². The standard InChI is InChI=1S/C24H24N2O3S/c1-29-18-10-12-19(13-11-18)30(27,28)26-16-14-25(15-17-26)24-22-8-4-2-6-20(22)21-7-3-5-9-23(21)24/h2-13,24H,14-17H2,1H3/p+1. The number of nitrogens with zero attached hydrogens (tertiary/aromatic N) is 1. The Morgan fingerprint density at radius 3 is 1.90 bits per heavy atom. The molecule has 0 unspecified atom stereocenters. The number of hydrogen-bond acceptors (Lipinski definition) is 3. The van der Waals surface area contributed by atoms with E-state index in [1.807, 2.05) is 0 Å². The van der Waals surface area contributed by atoms with Crippen LogP contribution >= 0.6 is 0 Å². The van der Waals surface area contributed by atoms with Crippen LogP contribution in [0.25, 0.3) is 11.1 Å². The van der Waals surface area contributed by atoms with Crippen LogP contribution in [0.4, 0.5) is 0 Å². The zero-order chi connectivity index (χ0) is 20.7. The van der Waals surface area contributed by atoms with Crippen molar-refractivity contribution in [2.24, 2.45) is 0 Å². The van der Waals surface area contributed by atoms with Gasteiger partial charge < -0.3 is 9.64 Å². The number of fused-ring (bicyclic) bond motifs is 3. The number of methoxy groups -OCH3 is 1. The minimum atomic E-state index is -3.49. The molecule has 0 atom stereocenters. The number of ether oxygens (including phenoxy) is 1. The molecule has 0 saturated carbocycles. The number of nitrogens with one attached hydrogen (secondary N) is 1. The predicted molar refractivity (Wildman–Crippen MR) is 116 cm³/mol. The smallest absolute Gasteiger partial charge is 0.243 e. The molecular formula is C24H25N2O3S+. The van der Waals surface area contributed by atoms with Gasteiger partial charge in [-0.1, -0.05) is 48.5 Å². The van der Waals surface area contributed by atoms with E-state index >= 15 is 0 Å². The Morgan fingerprint density at radius 2 is 1.37 bits per heavy atom. The predicted octanol–water partition coefficient (Wildman–Crippen LogP) is 2.35. The number of rotatable bonds is 4. The summed E-state index contributed by atoms with van der Waals surface area (Å²) in [5.41, 5.74) is 5.30. The van der Waals surface area contributed by atoms with E-state index in [9.17, 15) is 8.42 Å². The van der Waals surface area contributed by atoms with E-state index in [2.05, 4.69) is 48.5 Å². The van der Waals surface area contributed by atoms with Crippen LogP contribution in [0.15, 0.2) is 77.7 Å². The zero-order valence-corrected chi connectivity index (χ0v) is 17.7. The van der Waals surface area contributed by atoms with E-state index in [0.29, 0.717) is 23.7 Å². The molecule has 1 aliphatic carbocycles. The van der Waals surface area contributed by atoms with Gasteiger partial charge in [-0.15, -0.1) is 0 Å². The van der Waals surface area contributed by atoms with Gasteiger partial charge in [0.2, 0.25) is 10.0 Å². The highest BCUT2D eigenvalue weighted by molar-refractivity contribution is 7.89. The summed E-state index contributed by atoms with van der Waals surface area (Å²) in [6.45, 7) is 2.60. The van der Waals surface area contributed by atoms with Crippen molar-refractivity contribution in [1.29, 1.82) is 0 Å². The highest BCUT2D eigenvalue weighted by atomic mass is 32.2. The maximum absolute atomic E-state index is 13.1. The lowest BCUT2D eigenvalue weighted by Gasteiger charge is -2.35. The highest BCUT2D eigenvalue weighted by Gasteiger charge is 2.39. The summed E-state index contributed by atoms with van der Waals surface area (Å²) in [5, 5.41) is 0. The van der Waals surface area contributed by atoms with E-state index < -0.39 is 10.0 Å². The molecule has 30 heavy (non-hydrogen) atoms. The van der Waals surface area contributed by atoms with Gasteiger partial charge in [0.1, 0.15) is 11.8 Å². The van der Waals surface area contributed by atoms with Crippen LogP contribution in [0.1, 0.15) is 17.2 Å². The molecule has 1 aliphatic heterocycles. The van der Waals surface area contributed by atoms with Gasteiger partial charge in [-0.3, -0.25) is 0 Å². The molecule has 0 aromatic heterocycles. The highest BCUT2D eigenvalue weighted by Crippen LogP contribution is 2.41. The van der Waals surface area contributed by atoms with E-state index in [1.165, 1.54) is 27.2 Å². The molecular weight excluding hydrogens is 396 g/mol. The molecule has 0 radical (unpaired) electrons. The zero-order valence-electron chi connectivity index (χ0n) is 16.9. The van der Waals surface area contributed by atoms with Crippen molar-refractivity contribution in [3.05, 3.63) is 83.9 Å². The van der Waals surface area contributed by atoms with Gasteiger partial charge in [-0.2, -0.15) is 4.31 Å². The van der Waals surface area contributed by atoms with Crippen LogP contribution < -0.4 is 9.64 Å². The molecule has 154 valence electrons. The maximum Gasteiger partial charge on any atom is 0.243 e. The minimum Gasteiger partial charge on any atom is -0.497 e. The second-order valence-corrected chi connectivity index (χ2v) is 9.78. The van der Waals surface area contributed by atoms with Crippen LogP contribution in [-0.2, 0) is 10.0 Å². The monoisotopic (exact) mass is 421 g/mol. The quantitative estimate of drug-likeness (QED) is 0.704. The molecule has 1 saturated heterocycles. The molecule has 3 aromatic carbocycles. The first-order valence-electron chi connectivity index (χ1n) is 10.3. The SMILES string of the molecule is COc1ccc(S(=O)(=O)N2CC[NH+](C3c4ccccc4-c4ccccc43)CC2)cc1. The topological polar surface area (TPSA) is 51.1 Å². The average molecular weight is 422 g/mol. The van der Waals surface area contributed by atoms with Gasteiger partial charge in [-0.05, 0) is 35.4 Å². The fourth-order valence-electron chi connectivity index (χ4n) is 4.79. The van der Waals surface area contributed by atoms with Crippen LogP contribution in [0.5, 0.6) is 5.75 Å². The van der Waals surface area contributed by atoms with E-state index in [1.54, 1.807) is 35.7 Å². The summed E-state index contributed by atoms with van der Waals surface area (Å²) in [7, 11) is -1.92.